The summed E-state index contributed by atoms with van der Waals surface area (Å²) in [7, 11) is 0. The van der Waals surface area contributed by atoms with Crippen LogP contribution >= 0.6 is 11.8 Å². The first-order chi connectivity index (χ1) is 9.15. The zero-order valence-electron chi connectivity index (χ0n) is 11.2. The molecule has 1 fully saturated rings. The molecule has 2 atom stereocenters. The fraction of sp³-hybridized carbons (Fsp3) is 0.714. The number of halogens is 2. The van der Waals surface area contributed by atoms with Crippen LogP contribution in [0.25, 0.3) is 0 Å². The topological polar surface area (TPSA) is 25.2 Å². The van der Waals surface area contributed by atoms with Crippen LogP contribution < -0.4 is 5.32 Å². The Morgan fingerprint density at radius 2 is 2.16 bits per heavy atom. The number of hydrogen-bond donors (Lipinski definition) is 1. The molecule has 2 rings (SSSR count). The highest BCUT2D eigenvalue weighted by Gasteiger charge is 2.22. The standard InChI is InChI=1S/C14H21F2NOS/c1-10-3-2-4-11(10)7-17-8-12-5-6-13(18-12)9-19-14(15)16/h5-6,10-11,14,17H,2-4,7-9H2,1H3. The lowest BCUT2D eigenvalue weighted by atomic mass is 9.98. The number of rotatable bonds is 7. The Labute approximate surface area is 117 Å². The molecule has 0 bridgehead atoms. The molecule has 1 saturated carbocycles. The third-order valence-electron chi connectivity index (χ3n) is 3.81. The van der Waals surface area contributed by atoms with Crippen molar-refractivity contribution >= 4 is 11.8 Å². The van der Waals surface area contributed by atoms with E-state index in [-0.39, 0.29) is 5.75 Å². The maximum Gasteiger partial charge on any atom is 0.284 e. The van der Waals surface area contributed by atoms with Crippen molar-refractivity contribution in [2.24, 2.45) is 11.8 Å². The third kappa shape index (κ3) is 4.80. The minimum Gasteiger partial charge on any atom is -0.464 e. The molecule has 108 valence electrons. The molecule has 5 heteroatoms. The molecule has 0 amide bonds. The molecular formula is C14H21F2NOS. The predicted octanol–water partition coefficient (Wildman–Crippen LogP) is 4.26. The quantitative estimate of drug-likeness (QED) is 0.812. The Balaban J connectivity index is 1.68. The highest BCUT2D eigenvalue weighted by Crippen LogP contribution is 2.30. The summed E-state index contributed by atoms with van der Waals surface area (Å²) in [6, 6.07) is 3.65. The van der Waals surface area contributed by atoms with E-state index < -0.39 is 5.76 Å². The van der Waals surface area contributed by atoms with E-state index in [1.807, 2.05) is 6.07 Å². The Morgan fingerprint density at radius 3 is 2.84 bits per heavy atom. The summed E-state index contributed by atoms with van der Waals surface area (Å²) in [6.45, 7) is 4.01. The maximum absolute atomic E-state index is 12.0. The van der Waals surface area contributed by atoms with Gasteiger partial charge in [-0.25, -0.2) is 0 Å². The lowest BCUT2D eigenvalue weighted by Gasteiger charge is -2.15. The van der Waals surface area contributed by atoms with Crippen molar-refractivity contribution < 1.29 is 13.2 Å². The van der Waals surface area contributed by atoms with E-state index in [0.717, 1.165) is 24.1 Å². The third-order valence-corrected chi connectivity index (χ3v) is 4.52. The van der Waals surface area contributed by atoms with E-state index in [0.29, 0.717) is 24.1 Å². The Morgan fingerprint density at radius 1 is 1.37 bits per heavy atom. The van der Waals surface area contributed by atoms with Crippen LogP contribution in [0, 0.1) is 11.8 Å². The van der Waals surface area contributed by atoms with E-state index in [1.165, 1.54) is 19.3 Å². The minimum absolute atomic E-state index is 0.233. The van der Waals surface area contributed by atoms with Crippen molar-refractivity contribution in [2.75, 3.05) is 6.54 Å². The van der Waals surface area contributed by atoms with E-state index >= 15 is 0 Å². The molecule has 0 aliphatic heterocycles. The van der Waals surface area contributed by atoms with Crippen molar-refractivity contribution in [3.8, 4) is 0 Å². The molecule has 1 aromatic heterocycles. The lowest BCUT2D eigenvalue weighted by molar-refractivity contribution is 0.251. The van der Waals surface area contributed by atoms with Crippen LogP contribution in [0.3, 0.4) is 0 Å². The molecule has 1 aliphatic rings. The van der Waals surface area contributed by atoms with Gasteiger partial charge < -0.3 is 9.73 Å². The van der Waals surface area contributed by atoms with Crippen LogP contribution in [0.2, 0.25) is 0 Å². The first kappa shape index (κ1) is 14.9. The fourth-order valence-electron chi connectivity index (χ4n) is 2.65. The number of furan rings is 1. The predicted molar refractivity (Wildman–Crippen MR) is 74.2 cm³/mol. The maximum atomic E-state index is 12.0. The van der Waals surface area contributed by atoms with E-state index in [2.05, 4.69) is 12.2 Å². The summed E-state index contributed by atoms with van der Waals surface area (Å²) < 4.78 is 29.6. The summed E-state index contributed by atoms with van der Waals surface area (Å²) in [6.07, 6.45) is 3.98. The van der Waals surface area contributed by atoms with Gasteiger partial charge in [-0.2, -0.15) is 8.78 Å². The largest absolute Gasteiger partial charge is 0.464 e. The van der Waals surface area contributed by atoms with Crippen LogP contribution in [0.15, 0.2) is 16.5 Å². The second-order valence-corrected chi connectivity index (χ2v) is 6.22. The molecule has 2 nitrogen and oxygen atoms in total. The van der Waals surface area contributed by atoms with Crippen LogP contribution in [-0.2, 0) is 12.3 Å². The number of hydrogen-bond acceptors (Lipinski definition) is 3. The molecule has 0 radical (unpaired) electrons. The molecule has 0 aromatic carbocycles. The lowest BCUT2D eigenvalue weighted by Crippen LogP contribution is -2.23. The average molecular weight is 289 g/mol. The Bertz CT molecular complexity index is 383. The molecular weight excluding hydrogens is 268 g/mol. The van der Waals surface area contributed by atoms with Crippen molar-refractivity contribution in [3.05, 3.63) is 23.7 Å². The number of thioether (sulfide) groups is 1. The number of alkyl halides is 2. The zero-order chi connectivity index (χ0) is 13.7. The first-order valence-corrected chi connectivity index (χ1v) is 7.88. The van der Waals surface area contributed by atoms with Gasteiger partial charge in [-0.3, -0.25) is 0 Å². The Hall–Kier alpha value is -0.550. The van der Waals surface area contributed by atoms with Gasteiger partial charge in [-0.15, -0.1) is 0 Å². The smallest absolute Gasteiger partial charge is 0.284 e. The van der Waals surface area contributed by atoms with Gasteiger partial charge in [0.1, 0.15) is 11.5 Å². The van der Waals surface area contributed by atoms with Gasteiger partial charge in [0.05, 0.1) is 12.3 Å². The van der Waals surface area contributed by atoms with Crippen molar-refractivity contribution in [1.29, 1.82) is 0 Å². The molecule has 1 aliphatic carbocycles. The van der Waals surface area contributed by atoms with E-state index in [1.54, 1.807) is 6.07 Å². The van der Waals surface area contributed by atoms with Gasteiger partial charge in [-0.1, -0.05) is 31.5 Å². The molecule has 1 N–H and O–H groups in total. The van der Waals surface area contributed by atoms with Gasteiger partial charge in [0, 0.05) is 0 Å². The zero-order valence-corrected chi connectivity index (χ0v) is 12.0. The normalized spacial score (nSPS) is 23.4. The van der Waals surface area contributed by atoms with Gasteiger partial charge in [-0.05, 0) is 36.9 Å². The summed E-state index contributed by atoms with van der Waals surface area (Å²) in [5.41, 5.74) is 0. The van der Waals surface area contributed by atoms with Gasteiger partial charge in [0.25, 0.3) is 5.76 Å². The summed E-state index contributed by atoms with van der Waals surface area (Å²) >= 11 is 0.595. The molecule has 0 spiro atoms. The second-order valence-electron chi connectivity index (χ2n) is 5.24. The van der Waals surface area contributed by atoms with Crippen molar-refractivity contribution in [2.45, 2.75) is 44.2 Å². The fourth-order valence-corrected chi connectivity index (χ4v) is 3.09. The molecule has 19 heavy (non-hydrogen) atoms. The second kappa shape index (κ2) is 7.29. The van der Waals surface area contributed by atoms with Gasteiger partial charge >= 0.3 is 0 Å². The molecule has 0 saturated heterocycles. The van der Waals surface area contributed by atoms with Crippen LogP contribution in [0.5, 0.6) is 0 Å². The van der Waals surface area contributed by atoms with Gasteiger partial charge in [0.2, 0.25) is 0 Å². The average Bonchev–Trinajstić information content (AvgIpc) is 2.97. The first-order valence-electron chi connectivity index (χ1n) is 6.83. The van der Waals surface area contributed by atoms with Crippen LogP contribution in [-0.4, -0.2) is 12.3 Å². The van der Waals surface area contributed by atoms with Crippen molar-refractivity contribution in [3.63, 3.8) is 0 Å². The summed E-state index contributed by atoms with van der Waals surface area (Å²) in [4.78, 5) is 0. The molecule has 1 aromatic rings. The number of nitrogens with one attached hydrogen (secondary N) is 1. The van der Waals surface area contributed by atoms with E-state index in [4.69, 9.17) is 4.42 Å². The monoisotopic (exact) mass is 289 g/mol. The van der Waals surface area contributed by atoms with Crippen LogP contribution in [0.1, 0.15) is 37.7 Å². The SMILES string of the molecule is CC1CCCC1CNCc1ccc(CSC(F)F)o1. The molecule has 2 unspecified atom stereocenters. The summed E-state index contributed by atoms with van der Waals surface area (Å²) in [5.74, 6) is 0.922. The Kier molecular flexibility index (Phi) is 5.70. The highest BCUT2D eigenvalue weighted by molar-refractivity contribution is 7.98. The van der Waals surface area contributed by atoms with Crippen LogP contribution in [0.4, 0.5) is 8.78 Å². The minimum atomic E-state index is -2.34. The van der Waals surface area contributed by atoms with Gasteiger partial charge in [0.15, 0.2) is 0 Å². The highest BCUT2D eigenvalue weighted by atomic mass is 32.2. The van der Waals surface area contributed by atoms with Crippen molar-refractivity contribution in [1.82, 2.24) is 5.32 Å². The van der Waals surface area contributed by atoms with E-state index in [9.17, 15) is 8.78 Å². The summed E-state index contributed by atoms with van der Waals surface area (Å²) in [5, 5.41) is 3.40. The molecule has 1 heterocycles.